The SMILES string of the molecule is CC[C@H](C)[C@H](NC(=O)/C=C/c1ccc(F)cc1)C(=O)N[C@@H](C)C(=O)N[C@@H](CCC(N)=O)C(=O)Nc1ccc(F)c(Cl)c1. The Morgan fingerprint density at radius 3 is 2.19 bits per heavy atom. The molecule has 13 heteroatoms. The molecule has 2 aromatic carbocycles. The van der Waals surface area contributed by atoms with Crippen LogP contribution in [0.2, 0.25) is 5.02 Å². The number of carbonyl (C=O) groups excluding carboxylic acids is 5. The Kier molecular flexibility index (Phi) is 13.1. The largest absolute Gasteiger partial charge is 0.370 e. The summed E-state index contributed by atoms with van der Waals surface area (Å²) in [6.07, 6.45) is 2.84. The molecule has 0 unspecified atom stereocenters. The van der Waals surface area contributed by atoms with Crippen LogP contribution in [0.25, 0.3) is 6.08 Å². The summed E-state index contributed by atoms with van der Waals surface area (Å²) < 4.78 is 26.6. The zero-order valence-corrected chi connectivity index (χ0v) is 24.1. The van der Waals surface area contributed by atoms with Gasteiger partial charge in [-0.2, -0.15) is 0 Å². The molecule has 0 aliphatic heterocycles. The Hall–Kier alpha value is -4.32. The number of nitrogens with two attached hydrogens (primary N) is 1. The molecule has 226 valence electrons. The van der Waals surface area contributed by atoms with Crippen LogP contribution >= 0.6 is 11.6 Å². The summed E-state index contributed by atoms with van der Waals surface area (Å²) in [4.78, 5) is 62.8. The van der Waals surface area contributed by atoms with E-state index < -0.39 is 59.3 Å². The van der Waals surface area contributed by atoms with Crippen LogP contribution in [-0.4, -0.2) is 47.7 Å². The first-order valence-electron chi connectivity index (χ1n) is 13.2. The Bertz CT molecular complexity index is 1320. The molecule has 0 saturated heterocycles. The van der Waals surface area contributed by atoms with Gasteiger partial charge < -0.3 is 27.0 Å². The van der Waals surface area contributed by atoms with Gasteiger partial charge in [0.25, 0.3) is 0 Å². The second-order valence-corrected chi connectivity index (χ2v) is 10.1. The van der Waals surface area contributed by atoms with Gasteiger partial charge in [-0.25, -0.2) is 8.78 Å². The zero-order chi connectivity index (χ0) is 31.4. The smallest absolute Gasteiger partial charge is 0.246 e. The fraction of sp³-hybridized carbons (Fsp3) is 0.345. The molecule has 0 aromatic heterocycles. The minimum atomic E-state index is -1.23. The third kappa shape index (κ3) is 10.9. The third-order valence-corrected chi connectivity index (χ3v) is 6.63. The van der Waals surface area contributed by atoms with E-state index in [-0.39, 0.29) is 29.5 Å². The maximum atomic E-state index is 13.5. The molecule has 2 aromatic rings. The normalized spacial score (nSPS) is 13.9. The Morgan fingerprint density at radius 2 is 1.60 bits per heavy atom. The molecule has 0 fully saturated rings. The highest BCUT2D eigenvalue weighted by Crippen LogP contribution is 2.20. The third-order valence-electron chi connectivity index (χ3n) is 6.34. The van der Waals surface area contributed by atoms with Crippen molar-refractivity contribution >= 4 is 52.9 Å². The summed E-state index contributed by atoms with van der Waals surface area (Å²) in [5.41, 5.74) is 5.95. The first-order valence-corrected chi connectivity index (χ1v) is 13.6. The highest BCUT2D eigenvalue weighted by atomic mass is 35.5. The van der Waals surface area contributed by atoms with Crippen LogP contribution in [0.4, 0.5) is 14.5 Å². The lowest BCUT2D eigenvalue weighted by atomic mass is 9.98. The molecule has 10 nitrogen and oxygen atoms in total. The molecule has 0 spiro atoms. The quantitative estimate of drug-likeness (QED) is 0.209. The summed E-state index contributed by atoms with van der Waals surface area (Å²) in [5, 5.41) is 9.91. The zero-order valence-electron chi connectivity index (χ0n) is 23.4. The number of nitrogens with one attached hydrogen (secondary N) is 4. The fourth-order valence-electron chi connectivity index (χ4n) is 3.67. The number of rotatable bonds is 14. The molecule has 2 rings (SSSR count). The van der Waals surface area contributed by atoms with Gasteiger partial charge in [0.2, 0.25) is 29.5 Å². The van der Waals surface area contributed by atoms with Gasteiger partial charge in [-0.05, 0) is 61.2 Å². The topological polar surface area (TPSA) is 159 Å². The lowest BCUT2D eigenvalue weighted by Crippen LogP contribution is -2.56. The second-order valence-electron chi connectivity index (χ2n) is 9.67. The predicted octanol–water partition coefficient (Wildman–Crippen LogP) is 3.06. The molecular formula is C29H34ClF2N5O5. The van der Waals surface area contributed by atoms with Crippen molar-refractivity contribution in [2.75, 3.05) is 5.32 Å². The monoisotopic (exact) mass is 605 g/mol. The van der Waals surface area contributed by atoms with E-state index in [4.69, 9.17) is 17.3 Å². The van der Waals surface area contributed by atoms with Crippen LogP contribution in [0.15, 0.2) is 48.5 Å². The lowest BCUT2D eigenvalue weighted by Gasteiger charge is -2.26. The fourth-order valence-corrected chi connectivity index (χ4v) is 3.85. The number of benzene rings is 2. The van der Waals surface area contributed by atoms with Crippen molar-refractivity contribution in [1.82, 2.24) is 16.0 Å². The van der Waals surface area contributed by atoms with E-state index in [9.17, 15) is 32.8 Å². The van der Waals surface area contributed by atoms with Gasteiger partial charge in [0.05, 0.1) is 5.02 Å². The van der Waals surface area contributed by atoms with E-state index in [0.29, 0.717) is 12.0 Å². The Labute approximate surface area is 247 Å². The average molecular weight is 606 g/mol. The number of amides is 5. The maximum Gasteiger partial charge on any atom is 0.246 e. The molecule has 0 radical (unpaired) electrons. The van der Waals surface area contributed by atoms with Crippen molar-refractivity contribution in [2.24, 2.45) is 11.7 Å². The number of hydrogen-bond donors (Lipinski definition) is 5. The van der Waals surface area contributed by atoms with Gasteiger partial charge in [-0.15, -0.1) is 0 Å². The van der Waals surface area contributed by atoms with Gasteiger partial charge in [0, 0.05) is 18.2 Å². The van der Waals surface area contributed by atoms with Gasteiger partial charge in [0.1, 0.15) is 29.8 Å². The van der Waals surface area contributed by atoms with E-state index in [2.05, 4.69) is 21.3 Å². The van der Waals surface area contributed by atoms with Crippen LogP contribution in [0.5, 0.6) is 0 Å². The highest BCUT2D eigenvalue weighted by Gasteiger charge is 2.29. The molecule has 6 N–H and O–H groups in total. The lowest BCUT2D eigenvalue weighted by molar-refractivity contribution is -0.133. The molecule has 0 aliphatic carbocycles. The minimum Gasteiger partial charge on any atom is -0.370 e. The summed E-state index contributed by atoms with van der Waals surface area (Å²) in [5.74, 6) is -4.77. The first kappa shape index (κ1) is 33.9. The van der Waals surface area contributed by atoms with Crippen LogP contribution in [-0.2, 0) is 24.0 Å². The summed E-state index contributed by atoms with van der Waals surface area (Å²) >= 11 is 5.75. The van der Waals surface area contributed by atoms with Crippen molar-refractivity contribution < 1.29 is 32.8 Å². The number of carbonyl (C=O) groups is 5. The van der Waals surface area contributed by atoms with Crippen molar-refractivity contribution in [3.63, 3.8) is 0 Å². The van der Waals surface area contributed by atoms with E-state index in [1.54, 1.807) is 6.92 Å². The van der Waals surface area contributed by atoms with Crippen molar-refractivity contribution in [2.45, 2.75) is 58.2 Å². The maximum absolute atomic E-state index is 13.5. The van der Waals surface area contributed by atoms with Crippen molar-refractivity contribution in [3.05, 3.63) is 70.8 Å². The minimum absolute atomic E-state index is 0.144. The number of anilines is 1. The average Bonchev–Trinajstić information content (AvgIpc) is 2.94. The summed E-state index contributed by atoms with van der Waals surface area (Å²) in [6.45, 7) is 4.97. The molecule has 5 amide bonds. The van der Waals surface area contributed by atoms with Crippen molar-refractivity contribution in [3.8, 4) is 0 Å². The van der Waals surface area contributed by atoms with Crippen LogP contribution < -0.4 is 27.0 Å². The molecule has 0 bridgehead atoms. The summed E-state index contributed by atoms with van der Waals surface area (Å²) in [6, 6.07) is 5.63. The standard InChI is InChI=1S/C29H34ClF2N5O5/c1-4-16(2)26(37-25(39)14-7-18-5-8-19(31)9-6-18)29(42)34-17(3)27(40)36-23(12-13-24(33)38)28(41)35-20-10-11-22(32)21(30)15-20/h5-11,14-17,23,26H,4,12-13H2,1-3H3,(H2,33,38)(H,34,42)(H,35,41)(H,36,40)(H,37,39)/b14-7+/t16-,17-,23-,26-/m0/s1. The van der Waals surface area contributed by atoms with E-state index in [1.807, 2.05) is 6.92 Å². The van der Waals surface area contributed by atoms with Gasteiger partial charge in [-0.3, -0.25) is 24.0 Å². The van der Waals surface area contributed by atoms with E-state index in [0.717, 1.165) is 6.07 Å². The predicted molar refractivity (Wildman–Crippen MR) is 155 cm³/mol. The summed E-state index contributed by atoms with van der Waals surface area (Å²) in [7, 11) is 0. The van der Waals surface area contributed by atoms with Gasteiger partial charge in [0.15, 0.2) is 0 Å². The number of halogens is 3. The van der Waals surface area contributed by atoms with Crippen LogP contribution in [0, 0.1) is 17.6 Å². The van der Waals surface area contributed by atoms with Crippen molar-refractivity contribution in [1.29, 1.82) is 0 Å². The molecule has 4 atom stereocenters. The first-order chi connectivity index (χ1) is 19.8. The molecule has 42 heavy (non-hydrogen) atoms. The second kappa shape index (κ2) is 16.2. The van der Waals surface area contributed by atoms with Crippen LogP contribution in [0.1, 0.15) is 45.6 Å². The molecular weight excluding hydrogens is 572 g/mol. The number of primary amides is 1. The van der Waals surface area contributed by atoms with E-state index >= 15 is 0 Å². The molecule has 0 saturated carbocycles. The molecule has 0 aliphatic rings. The van der Waals surface area contributed by atoms with Gasteiger partial charge in [-0.1, -0.05) is 44.0 Å². The van der Waals surface area contributed by atoms with Gasteiger partial charge >= 0.3 is 0 Å². The number of hydrogen-bond acceptors (Lipinski definition) is 5. The molecule has 0 heterocycles. The van der Waals surface area contributed by atoms with E-state index in [1.165, 1.54) is 55.5 Å². The Morgan fingerprint density at radius 1 is 0.929 bits per heavy atom. The Balaban J connectivity index is 2.07. The van der Waals surface area contributed by atoms with Crippen LogP contribution in [0.3, 0.4) is 0 Å². The highest BCUT2D eigenvalue weighted by molar-refractivity contribution is 6.31.